The van der Waals surface area contributed by atoms with Gasteiger partial charge in [0.15, 0.2) is 11.6 Å². The summed E-state index contributed by atoms with van der Waals surface area (Å²) in [7, 11) is 0. The third-order valence-electron chi connectivity index (χ3n) is 14.5. The second-order valence-corrected chi connectivity index (χ2v) is 19.2. The second-order valence-electron chi connectivity index (χ2n) is 19.2. The standard InChI is InChI=1S/C60H49N5/c1-38-37-59(2,3)50-34-42(31-32-49(50)60(38,4)5)41-23-18-24-43(33-41)44-25-12-15-28-51(44)64-52-29-16-13-26-45(52)47-35-48-46-27-14-17-30-53(46)65(55(48)36-54(47)64)58-62-56(39-19-8-6-9-20-39)61-57(63-58)40-21-10-7-11-22-40/h6-36,38H,37H2,1-5H3. The van der Waals surface area contributed by atoms with Crippen LogP contribution in [0.3, 0.4) is 0 Å². The predicted molar refractivity (Wildman–Crippen MR) is 270 cm³/mol. The van der Waals surface area contributed by atoms with Crippen molar-refractivity contribution in [1.29, 1.82) is 0 Å². The Labute approximate surface area is 379 Å². The molecule has 0 N–H and O–H groups in total. The van der Waals surface area contributed by atoms with E-state index in [1.165, 1.54) is 50.6 Å². The molecule has 0 saturated carbocycles. The zero-order valence-corrected chi connectivity index (χ0v) is 37.4. The van der Waals surface area contributed by atoms with Crippen molar-refractivity contribution in [2.24, 2.45) is 5.92 Å². The third-order valence-corrected chi connectivity index (χ3v) is 14.5. The SMILES string of the molecule is CC1CC(C)(C)c2cc(-c3cccc(-c4ccccc4-n4c5ccccc5c5cc6c7ccccc7n(-c7nc(-c8ccccc8)nc(-c8ccccc8)n7)c6cc54)c3)ccc2C1(C)C. The van der Waals surface area contributed by atoms with Gasteiger partial charge in [0.25, 0.3) is 0 Å². The fourth-order valence-corrected chi connectivity index (χ4v) is 10.8. The van der Waals surface area contributed by atoms with Gasteiger partial charge in [-0.2, -0.15) is 9.97 Å². The van der Waals surface area contributed by atoms with Crippen LogP contribution in [0, 0.1) is 5.92 Å². The van der Waals surface area contributed by atoms with Crippen LogP contribution >= 0.6 is 0 Å². The van der Waals surface area contributed by atoms with E-state index in [4.69, 9.17) is 15.0 Å². The van der Waals surface area contributed by atoms with Crippen LogP contribution in [0.4, 0.5) is 0 Å². The molecule has 5 nitrogen and oxygen atoms in total. The molecule has 8 aromatic carbocycles. The Morgan fingerprint density at radius 1 is 0.415 bits per heavy atom. The Kier molecular flexibility index (Phi) is 8.83. The highest BCUT2D eigenvalue weighted by molar-refractivity contribution is 6.19. The highest BCUT2D eigenvalue weighted by Crippen LogP contribution is 2.50. The number of para-hydroxylation sites is 3. The lowest BCUT2D eigenvalue weighted by Gasteiger charge is -2.46. The summed E-state index contributed by atoms with van der Waals surface area (Å²) in [5, 5.41) is 4.69. The van der Waals surface area contributed by atoms with Crippen LogP contribution in [0.25, 0.3) is 100 Å². The summed E-state index contributed by atoms with van der Waals surface area (Å²) in [6.45, 7) is 12.1. The first-order chi connectivity index (χ1) is 31.6. The van der Waals surface area contributed by atoms with Gasteiger partial charge in [-0.25, -0.2) is 4.98 Å². The molecule has 0 fully saturated rings. The summed E-state index contributed by atoms with van der Waals surface area (Å²) in [5.74, 6) is 2.44. The van der Waals surface area contributed by atoms with Gasteiger partial charge in [-0.3, -0.25) is 4.57 Å². The van der Waals surface area contributed by atoms with E-state index in [1.807, 2.05) is 36.4 Å². The molecule has 65 heavy (non-hydrogen) atoms. The Balaban J connectivity index is 1.07. The van der Waals surface area contributed by atoms with Gasteiger partial charge < -0.3 is 4.57 Å². The molecule has 0 radical (unpaired) electrons. The summed E-state index contributed by atoms with van der Waals surface area (Å²) in [6, 6.07) is 67.7. The average molecular weight is 840 g/mol. The number of hydrogen-bond donors (Lipinski definition) is 0. The normalized spacial score (nSPS) is 15.5. The first-order valence-corrected chi connectivity index (χ1v) is 22.8. The molecule has 0 bridgehead atoms. The summed E-state index contributed by atoms with van der Waals surface area (Å²) in [5.41, 5.74) is 15.4. The van der Waals surface area contributed by atoms with E-state index in [1.54, 1.807) is 0 Å². The smallest absolute Gasteiger partial charge is 0.238 e. The van der Waals surface area contributed by atoms with Gasteiger partial charge in [0, 0.05) is 38.2 Å². The van der Waals surface area contributed by atoms with Crippen molar-refractivity contribution in [3.05, 3.63) is 199 Å². The molecule has 11 aromatic rings. The summed E-state index contributed by atoms with van der Waals surface area (Å²) >= 11 is 0. The Morgan fingerprint density at radius 3 is 1.63 bits per heavy atom. The van der Waals surface area contributed by atoms with Crippen LogP contribution < -0.4 is 0 Å². The molecule has 1 atom stereocenters. The zero-order valence-electron chi connectivity index (χ0n) is 37.4. The van der Waals surface area contributed by atoms with Crippen LogP contribution in [0.2, 0.25) is 0 Å². The number of benzene rings is 8. The minimum absolute atomic E-state index is 0.107. The number of rotatable bonds is 6. The van der Waals surface area contributed by atoms with Crippen molar-refractivity contribution in [2.75, 3.05) is 0 Å². The lowest BCUT2D eigenvalue weighted by atomic mass is 9.58. The molecule has 0 aliphatic heterocycles. The quantitative estimate of drug-likeness (QED) is 0.168. The highest BCUT2D eigenvalue weighted by atomic mass is 15.2. The van der Waals surface area contributed by atoms with Crippen LogP contribution in [0.1, 0.15) is 52.2 Å². The number of hydrogen-bond acceptors (Lipinski definition) is 3. The fraction of sp³-hybridized carbons (Fsp3) is 0.150. The predicted octanol–water partition coefficient (Wildman–Crippen LogP) is 15.3. The van der Waals surface area contributed by atoms with E-state index < -0.39 is 0 Å². The lowest BCUT2D eigenvalue weighted by Crippen LogP contribution is -2.40. The maximum absolute atomic E-state index is 5.24. The van der Waals surface area contributed by atoms with Gasteiger partial charge in [0.05, 0.1) is 27.8 Å². The largest absolute Gasteiger partial charge is 0.309 e. The van der Waals surface area contributed by atoms with E-state index in [2.05, 4.69) is 195 Å². The molecule has 1 unspecified atom stereocenters. The van der Waals surface area contributed by atoms with Crippen LogP contribution in [-0.4, -0.2) is 24.1 Å². The second kappa shape index (κ2) is 14.7. The molecular formula is C60H49N5. The Hall–Kier alpha value is -7.63. The number of nitrogens with zero attached hydrogens (tertiary/aromatic N) is 5. The number of fused-ring (bicyclic) bond motifs is 7. The van der Waals surface area contributed by atoms with Crippen molar-refractivity contribution < 1.29 is 0 Å². The monoisotopic (exact) mass is 839 g/mol. The Morgan fingerprint density at radius 2 is 0.954 bits per heavy atom. The number of aromatic nitrogens is 5. The summed E-state index contributed by atoms with van der Waals surface area (Å²) in [4.78, 5) is 15.5. The van der Waals surface area contributed by atoms with E-state index in [9.17, 15) is 0 Å². The first-order valence-electron chi connectivity index (χ1n) is 22.8. The molecule has 12 rings (SSSR count). The molecule has 0 saturated heterocycles. The molecule has 5 heteroatoms. The first kappa shape index (κ1) is 39.0. The summed E-state index contributed by atoms with van der Waals surface area (Å²) < 4.78 is 4.68. The van der Waals surface area contributed by atoms with Crippen molar-refractivity contribution in [1.82, 2.24) is 24.1 Å². The minimum Gasteiger partial charge on any atom is -0.309 e. The minimum atomic E-state index is 0.107. The zero-order chi connectivity index (χ0) is 44.0. The molecule has 0 spiro atoms. The molecule has 1 aliphatic carbocycles. The maximum Gasteiger partial charge on any atom is 0.238 e. The fourth-order valence-electron chi connectivity index (χ4n) is 10.8. The molecule has 0 amide bonds. The van der Waals surface area contributed by atoms with Gasteiger partial charge in [0.2, 0.25) is 5.95 Å². The molecule has 3 heterocycles. The van der Waals surface area contributed by atoms with Crippen molar-refractivity contribution >= 4 is 43.6 Å². The van der Waals surface area contributed by atoms with Crippen LogP contribution in [-0.2, 0) is 10.8 Å². The molecule has 314 valence electrons. The van der Waals surface area contributed by atoms with Gasteiger partial charge >= 0.3 is 0 Å². The molecular weight excluding hydrogens is 791 g/mol. The average Bonchev–Trinajstić information content (AvgIpc) is 3.84. The van der Waals surface area contributed by atoms with Crippen molar-refractivity contribution in [2.45, 2.75) is 51.9 Å². The van der Waals surface area contributed by atoms with Gasteiger partial charge in [-0.15, -0.1) is 0 Å². The van der Waals surface area contributed by atoms with E-state index in [-0.39, 0.29) is 10.8 Å². The van der Waals surface area contributed by atoms with Gasteiger partial charge in [0.1, 0.15) is 0 Å². The third kappa shape index (κ3) is 6.24. The van der Waals surface area contributed by atoms with Crippen molar-refractivity contribution in [3.63, 3.8) is 0 Å². The maximum atomic E-state index is 5.24. The molecule has 1 aliphatic rings. The lowest BCUT2D eigenvalue weighted by molar-refractivity contribution is 0.233. The van der Waals surface area contributed by atoms with Gasteiger partial charge in [-0.05, 0) is 87.4 Å². The highest BCUT2D eigenvalue weighted by Gasteiger charge is 2.42. The van der Waals surface area contributed by atoms with Crippen LogP contribution in [0.15, 0.2) is 188 Å². The topological polar surface area (TPSA) is 48.5 Å². The van der Waals surface area contributed by atoms with E-state index in [0.29, 0.717) is 23.5 Å². The molecule has 3 aromatic heterocycles. The van der Waals surface area contributed by atoms with Gasteiger partial charge in [-0.1, -0.05) is 186 Å². The van der Waals surface area contributed by atoms with Crippen LogP contribution in [0.5, 0.6) is 0 Å². The van der Waals surface area contributed by atoms with E-state index in [0.717, 1.165) is 49.7 Å². The van der Waals surface area contributed by atoms with Crippen molar-refractivity contribution in [3.8, 4) is 56.7 Å². The Bertz CT molecular complexity index is 3590. The van der Waals surface area contributed by atoms with E-state index >= 15 is 0 Å². The summed E-state index contributed by atoms with van der Waals surface area (Å²) in [6.07, 6.45) is 1.18.